The molecule has 3 nitrogen and oxygen atoms in total. The molecule has 0 spiro atoms. The zero-order chi connectivity index (χ0) is 18.5. The minimum Gasteiger partial charge on any atom is -0.469 e. The van der Waals surface area contributed by atoms with Crippen molar-refractivity contribution in [2.24, 2.45) is 5.92 Å². The number of hydrogen-bond acceptors (Lipinski definition) is 3. The third-order valence-electron chi connectivity index (χ3n) is 5.99. The van der Waals surface area contributed by atoms with Crippen LogP contribution >= 0.6 is 0 Å². The van der Waals surface area contributed by atoms with Crippen LogP contribution < -0.4 is 0 Å². The summed E-state index contributed by atoms with van der Waals surface area (Å²) < 4.78 is 4.90. The number of likely N-dealkylation sites (tertiary alicyclic amines) is 1. The summed E-state index contributed by atoms with van der Waals surface area (Å²) in [7, 11) is 1.49. The third kappa shape index (κ3) is 3.93. The maximum atomic E-state index is 11.7. The first kappa shape index (κ1) is 18.9. The summed E-state index contributed by atoms with van der Waals surface area (Å²) in [6, 6.07) is 13.5. The molecule has 0 amide bonds. The number of methoxy groups -OCH3 is 1. The average molecular weight is 354 g/mol. The fourth-order valence-corrected chi connectivity index (χ4v) is 4.34. The Morgan fingerprint density at radius 1 is 1.08 bits per heavy atom. The van der Waals surface area contributed by atoms with Gasteiger partial charge in [-0.25, -0.2) is 0 Å². The number of carbonyl (C=O) groups is 1. The number of carbonyl (C=O) groups excluding carboxylic acids is 1. The minimum absolute atomic E-state index is 0.0513. The molecule has 2 aromatic carbocycles. The molecule has 1 aliphatic rings. The summed E-state index contributed by atoms with van der Waals surface area (Å²) in [4.78, 5) is 14.2. The number of benzene rings is 2. The Labute approximate surface area is 157 Å². The van der Waals surface area contributed by atoms with Crippen LogP contribution in [0.1, 0.15) is 56.6 Å². The maximum Gasteiger partial charge on any atom is 0.308 e. The van der Waals surface area contributed by atoms with Crippen molar-refractivity contribution in [1.82, 2.24) is 4.90 Å². The van der Waals surface area contributed by atoms with Crippen LogP contribution in [0.3, 0.4) is 0 Å². The molecule has 1 saturated heterocycles. The molecule has 0 bridgehead atoms. The van der Waals surface area contributed by atoms with Gasteiger partial charge in [0.1, 0.15) is 0 Å². The predicted molar refractivity (Wildman–Crippen MR) is 107 cm³/mol. The number of ether oxygens (including phenoxy) is 1. The van der Waals surface area contributed by atoms with Crippen molar-refractivity contribution >= 4 is 16.7 Å². The number of fused-ring (bicyclic) bond motifs is 1. The van der Waals surface area contributed by atoms with E-state index in [-0.39, 0.29) is 11.9 Å². The summed E-state index contributed by atoms with van der Waals surface area (Å²) in [5, 5.41) is 2.79. The van der Waals surface area contributed by atoms with E-state index in [2.05, 4.69) is 55.1 Å². The highest BCUT2D eigenvalue weighted by molar-refractivity contribution is 5.89. The highest BCUT2D eigenvalue weighted by atomic mass is 16.5. The Morgan fingerprint density at radius 2 is 1.73 bits per heavy atom. The van der Waals surface area contributed by atoms with Gasteiger partial charge in [-0.1, -0.05) is 50.2 Å². The zero-order valence-electron chi connectivity index (χ0n) is 16.3. The molecule has 0 unspecified atom stereocenters. The third-order valence-corrected chi connectivity index (χ3v) is 5.99. The summed E-state index contributed by atoms with van der Waals surface area (Å²) in [5.41, 5.74) is 2.88. The monoisotopic (exact) mass is 353 g/mol. The van der Waals surface area contributed by atoms with Crippen molar-refractivity contribution in [3.8, 4) is 0 Å². The van der Waals surface area contributed by atoms with Crippen molar-refractivity contribution in [2.75, 3.05) is 20.2 Å². The standard InChI is InChI=1S/C23H31NO2/c1-4-17(5-2)21-11-10-19(20-8-6-7-9-22(20)21)16-24-14-12-18(13-15-24)23(25)26-3/h6-11,17-18H,4-5,12-16H2,1-3H3. The lowest BCUT2D eigenvalue weighted by Gasteiger charge is -2.31. The lowest BCUT2D eigenvalue weighted by molar-refractivity contribution is -0.147. The summed E-state index contributed by atoms with van der Waals surface area (Å²) >= 11 is 0. The molecule has 0 atom stereocenters. The Bertz CT molecular complexity index is 743. The molecule has 0 saturated carbocycles. The van der Waals surface area contributed by atoms with Crippen LogP contribution in [0, 0.1) is 5.92 Å². The van der Waals surface area contributed by atoms with Gasteiger partial charge in [0.05, 0.1) is 13.0 Å². The number of nitrogens with zero attached hydrogens (tertiary/aromatic N) is 1. The van der Waals surface area contributed by atoms with Crippen LogP contribution in [0.5, 0.6) is 0 Å². The quantitative estimate of drug-likeness (QED) is 0.674. The van der Waals surface area contributed by atoms with Crippen LogP contribution in [0.15, 0.2) is 36.4 Å². The van der Waals surface area contributed by atoms with E-state index in [0.717, 1.165) is 32.5 Å². The molecule has 0 aromatic heterocycles. The second-order valence-corrected chi connectivity index (χ2v) is 7.45. The summed E-state index contributed by atoms with van der Waals surface area (Å²) in [6.07, 6.45) is 4.16. The van der Waals surface area contributed by atoms with Gasteiger partial charge >= 0.3 is 5.97 Å². The van der Waals surface area contributed by atoms with E-state index in [1.807, 2.05) is 0 Å². The van der Waals surface area contributed by atoms with E-state index in [4.69, 9.17) is 4.74 Å². The Hall–Kier alpha value is -1.87. The van der Waals surface area contributed by atoms with E-state index in [0.29, 0.717) is 5.92 Å². The number of rotatable bonds is 6. The first-order chi connectivity index (χ1) is 12.7. The first-order valence-electron chi connectivity index (χ1n) is 9.98. The smallest absolute Gasteiger partial charge is 0.308 e. The average Bonchev–Trinajstić information content (AvgIpc) is 2.70. The molecule has 0 aliphatic carbocycles. The van der Waals surface area contributed by atoms with Gasteiger partial charge in [0.15, 0.2) is 0 Å². The number of piperidine rings is 1. The van der Waals surface area contributed by atoms with Gasteiger partial charge in [0.2, 0.25) is 0 Å². The van der Waals surface area contributed by atoms with Crippen molar-refractivity contribution < 1.29 is 9.53 Å². The maximum absolute atomic E-state index is 11.7. The summed E-state index contributed by atoms with van der Waals surface area (Å²) in [5.74, 6) is 0.652. The van der Waals surface area contributed by atoms with E-state index in [1.54, 1.807) is 0 Å². The van der Waals surface area contributed by atoms with E-state index >= 15 is 0 Å². The van der Waals surface area contributed by atoms with Gasteiger partial charge in [-0.2, -0.15) is 0 Å². The molecule has 0 radical (unpaired) electrons. The van der Waals surface area contributed by atoms with Crippen molar-refractivity contribution in [2.45, 2.75) is 52.0 Å². The van der Waals surface area contributed by atoms with Gasteiger partial charge < -0.3 is 4.74 Å². The highest BCUT2D eigenvalue weighted by Crippen LogP contribution is 2.33. The lowest BCUT2D eigenvalue weighted by Crippen LogP contribution is -2.36. The van der Waals surface area contributed by atoms with Crippen molar-refractivity contribution in [3.63, 3.8) is 0 Å². The second kappa shape index (κ2) is 8.68. The number of esters is 1. The molecule has 140 valence electrons. The molecule has 1 fully saturated rings. The highest BCUT2D eigenvalue weighted by Gasteiger charge is 2.25. The zero-order valence-corrected chi connectivity index (χ0v) is 16.3. The largest absolute Gasteiger partial charge is 0.469 e. The lowest BCUT2D eigenvalue weighted by atomic mass is 9.88. The minimum atomic E-state index is -0.0513. The second-order valence-electron chi connectivity index (χ2n) is 7.45. The van der Waals surface area contributed by atoms with Gasteiger partial charge in [0, 0.05) is 6.54 Å². The van der Waals surface area contributed by atoms with Gasteiger partial charge in [-0.3, -0.25) is 9.69 Å². The predicted octanol–water partition coefficient (Wildman–Crippen LogP) is 5.13. The van der Waals surface area contributed by atoms with Gasteiger partial charge in [0.25, 0.3) is 0 Å². The first-order valence-corrected chi connectivity index (χ1v) is 9.98. The van der Waals surface area contributed by atoms with E-state index in [1.165, 1.54) is 41.9 Å². The Morgan fingerprint density at radius 3 is 2.35 bits per heavy atom. The summed E-state index contributed by atoms with van der Waals surface area (Å²) in [6.45, 7) is 7.44. The van der Waals surface area contributed by atoms with Crippen LogP contribution in [0.2, 0.25) is 0 Å². The van der Waals surface area contributed by atoms with Crippen LogP contribution in [0.4, 0.5) is 0 Å². The topological polar surface area (TPSA) is 29.5 Å². The Balaban J connectivity index is 1.79. The molecular formula is C23H31NO2. The molecular weight excluding hydrogens is 322 g/mol. The van der Waals surface area contributed by atoms with Gasteiger partial charge in [-0.05, 0) is 66.6 Å². The fraction of sp³-hybridized carbons (Fsp3) is 0.522. The van der Waals surface area contributed by atoms with E-state index < -0.39 is 0 Å². The van der Waals surface area contributed by atoms with Gasteiger partial charge in [-0.15, -0.1) is 0 Å². The van der Waals surface area contributed by atoms with Crippen LogP contribution in [-0.2, 0) is 16.1 Å². The fourth-order valence-electron chi connectivity index (χ4n) is 4.34. The van der Waals surface area contributed by atoms with Crippen LogP contribution in [-0.4, -0.2) is 31.1 Å². The molecule has 2 aromatic rings. The molecule has 26 heavy (non-hydrogen) atoms. The molecule has 3 rings (SSSR count). The molecule has 1 aliphatic heterocycles. The Kier molecular flexibility index (Phi) is 6.31. The van der Waals surface area contributed by atoms with Crippen molar-refractivity contribution in [3.05, 3.63) is 47.5 Å². The molecule has 1 heterocycles. The van der Waals surface area contributed by atoms with E-state index in [9.17, 15) is 4.79 Å². The molecule has 3 heteroatoms. The van der Waals surface area contributed by atoms with Crippen LogP contribution in [0.25, 0.3) is 10.8 Å². The SMILES string of the molecule is CCC(CC)c1ccc(CN2CCC(C(=O)OC)CC2)c2ccccc12. The molecule has 0 N–H and O–H groups in total. The normalized spacial score (nSPS) is 16.3. The number of hydrogen-bond donors (Lipinski definition) is 0. The van der Waals surface area contributed by atoms with Crippen molar-refractivity contribution in [1.29, 1.82) is 0 Å².